The van der Waals surface area contributed by atoms with Gasteiger partial charge in [0.05, 0.1) is 12.1 Å². The van der Waals surface area contributed by atoms with Gasteiger partial charge in [-0.1, -0.05) is 11.8 Å². The van der Waals surface area contributed by atoms with Gasteiger partial charge in [-0.15, -0.1) is 0 Å². The van der Waals surface area contributed by atoms with Crippen LogP contribution in [0.25, 0.3) is 0 Å². The zero-order valence-electron chi connectivity index (χ0n) is 11.4. The molecule has 1 aromatic rings. The van der Waals surface area contributed by atoms with Crippen LogP contribution in [0.15, 0.2) is 18.2 Å². The van der Waals surface area contributed by atoms with Gasteiger partial charge in [0.15, 0.2) is 0 Å². The zero-order chi connectivity index (χ0) is 14.5. The highest BCUT2D eigenvalue weighted by molar-refractivity contribution is 7.99. The predicted molar refractivity (Wildman–Crippen MR) is 80.2 cm³/mol. The highest BCUT2D eigenvalue weighted by atomic mass is 32.2. The number of rotatable bonds is 1. The first-order chi connectivity index (χ1) is 9.63. The maximum Gasteiger partial charge on any atom is 0.254 e. The van der Waals surface area contributed by atoms with Gasteiger partial charge in [-0.2, -0.15) is 11.8 Å². The van der Waals surface area contributed by atoms with E-state index in [4.69, 9.17) is 5.73 Å². The van der Waals surface area contributed by atoms with E-state index in [1.165, 1.54) is 12.1 Å². The van der Waals surface area contributed by atoms with E-state index in [1.807, 2.05) is 18.7 Å². The third-order valence-corrected chi connectivity index (χ3v) is 4.36. The molecule has 1 aliphatic rings. The number of amides is 1. The number of nitrogens with two attached hydrogens (primary N) is 1. The average Bonchev–Trinajstić information content (AvgIpc) is 2.46. The van der Waals surface area contributed by atoms with Crippen LogP contribution in [0.2, 0.25) is 0 Å². The fourth-order valence-electron chi connectivity index (χ4n) is 2.09. The molecule has 1 heterocycles. The fourth-order valence-corrected chi connectivity index (χ4v) is 3.10. The van der Waals surface area contributed by atoms with Crippen LogP contribution in [-0.4, -0.2) is 41.4 Å². The van der Waals surface area contributed by atoms with Gasteiger partial charge in [0.2, 0.25) is 0 Å². The average molecular weight is 292 g/mol. The van der Waals surface area contributed by atoms with Crippen molar-refractivity contribution in [3.8, 4) is 11.8 Å². The lowest BCUT2D eigenvalue weighted by atomic mass is 10.1. The highest BCUT2D eigenvalue weighted by Gasteiger charge is 2.24. The van der Waals surface area contributed by atoms with Gasteiger partial charge in [-0.05, 0) is 25.1 Å². The van der Waals surface area contributed by atoms with Crippen molar-refractivity contribution in [1.29, 1.82) is 0 Å². The van der Waals surface area contributed by atoms with E-state index in [2.05, 4.69) is 11.8 Å². The Hall–Kier alpha value is -1.51. The summed E-state index contributed by atoms with van der Waals surface area (Å²) in [5, 5.41) is 0. The van der Waals surface area contributed by atoms with Crippen molar-refractivity contribution in [1.82, 2.24) is 4.90 Å². The quantitative estimate of drug-likeness (QED) is 0.802. The number of hydrogen-bond acceptors (Lipinski definition) is 3. The van der Waals surface area contributed by atoms with E-state index in [-0.39, 0.29) is 24.1 Å². The summed E-state index contributed by atoms with van der Waals surface area (Å²) in [6.07, 6.45) is 0. The second-order valence-electron chi connectivity index (χ2n) is 4.62. The number of benzene rings is 1. The minimum Gasteiger partial charge on any atom is -0.334 e. The summed E-state index contributed by atoms with van der Waals surface area (Å²) >= 11 is 1.84. The maximum absolute atomic E-state index is 13.9. The Morgan fingerprint density at radius 3 is 3.05 bits per heavy atom. The molecule has 0 saturated carbocycles. The van der Waals surface area contributed by atoms with Gasteiger partial charge >= 0.3 is 0 Å². The minimum atomic E-state index is -0.476. The molecule has 0 aliphatic carbocycles. The van der Waals surface area contributed by atoms with Crippen molar-refractivity contribution in [2.45, 2.75) is 13.0 Å². The Labute approximate surface area is 122 Å². The molecular weight excluding hydrogens is 275 g/mol. The van der Waals surface area contributed by atoms with E-state index < -0.39 is 5.82 Å². The lowest BCUT2D eigenvalue weighted by Gasteiger charge is -2.33. The Balaban J connectivity index is 2.20. The summed E-state index contributed by atoms with van der Waals surface area (Å²) in [5.74, 6) is 6.52. The Kier molecular flexibility index (Phi) is 5.05. The van der Waals surface area contributed by atoms with Gasteiger partial charge in [0.1, 0.15) is 5.82 Å². The van der Waals surface area contributed by atoms with Crippen LogP contribution in [0, 0.1) is 17.7 Å². The van der Waals surface area contributed by atoms with Crippen LogP contribution >= 0.6 is 11.8 Å². The van der Waals surface area contributed by atoms with Gasteiger partial charge in [-0.25, -0.2) is 4.39 Å². The Morgan fingerprint density at radius 2 is 2.40 bits per heavy atom. The molecule has 5 heteroatoms. The molecule has 1 aliphatic heterocycles. The number of carbonyl (C=O) groups excluding carboxylic acids is 1. The highest BCUT2D eigenvalue weighted by Crippen LogP contribution is 2.19. The van der Waals surface area contributed by atoms with Crippen molar-refractivity contribution < 1.29 is 9.18 Å². The number of thioether (sulfide) groups is 1. The molecule has 0 bridgehead atoms. The summed E-state index contributed by atoms with van der Waals surface area (Å²) in [7, 11) is 0. The maximum atomic E-state index is 13.9. The van der Waals surface area contributed by atoms with Crippen LogP contribution < -0.4 is 5.73 Å². The summed E-state index contributed by atoms with van der Waals surface area (Å²) < 4.78 is 13.9. The second-order valence-corrected chi connectivity index (χ2v) is 5.77. The first-order valence-electron chi connectivity index (χ1n) is 6.50. The summed E-state index contributed by atoms with van der Waals surface area (Å²) in [5.41, 5.74) is 5.91. The second kappa shape index (κ2) is 6.78. The molecule has 3 nitrogen and oxygen atoms in total. The summed E-state index contributed by atoms with van der Waals surface area (Å²) in [6, 6.07) is 4.60. The van der Waals surface area contributed by atoms with Crippen molar-refractivity contribution in [2.24, 2.45) is 5.73 Å². The molecular formula is C15H17FN2OS. The molecule has 106 valence electrons. The standard InChI is InChI=1S/C15H17FN2OS/c1-11-10-20-8-7-18(11)15(19)13-5-4-12(3-2-6-17)14(16)9-13/h4-5,9,11H,6-8,10,17H2,1H3. The lowest BCUT2D eigenvalue weighted by Crippen LogP contribution is -2.44. The van der Waals surface area contributed by atoms with Crippen LogP contribution in [-0.2, 0) is 0 Å². The first-order valence-corrected chi connectivity index (χ1v) is 7.66. The third kappa shape index (κ3) is 3.33. The molecule has 1 aromatic carbocycles. The molecule has 1 amide bonds. The Bertz CT molecular complexity index is 565. The van der Waals surface area contributed by atoms with Crippen LogP contribution in [0.3, 0.4) is 0 Å². The number of carbonyl (C=O) groups is 1. The SMILES string of the molecule is CC1CSCCN1C(=O)c1ccc(C#CCN)c(F)c1. The monoisotopic (exact) mass is 292 g/mol. The van der Waals surface area contributed by atoms with E-state index in [0.717, 1.165) is 11.5 Å². The van der Waals surface area contributed by atoms with E-state index in [9.17, 15) is 9.18 Å². The fraction of sp³-hybridized carbons (Fsp3) is 0.400. The van der Waals surface area contributed by atoms with Crippen LogP contribution in [0.4, 0.5) is 4.39 Å². The normalized spacial score (nSPS) is 18.4. The third-order valence-electron chi connectivity index (χ3n) is 3.17. The summed E-state index contributed by atoms with van der Waals surface area (Å²) in [4.78, 5) is 14.2. The van der Waals surface area contributed by atoms with Gasteiger partial charge < -0.3 is 10.6 Å². The van der Waals surface area contributed by atoms with Crippen molar-refractivity contribution >= 4 is 17.7 Å². The molecule has 0 spiro atoms. The van der Waals surface area contributed by atoms with Crippen molar-refractivity contribution in [2.75, 3.05) is 24.6 Å². The van der Waals surface area contributed by atoms with Gasteiger partial charge in [-0.3, -0.25) is 4.79 Å². The molecule has 2 rings (SSSR count). The van der Waals surface area contributed by atoms with E-state index >= 15 is 0 Å². The van der Waals surface area contributed by atoms with Crippen LogP contribution in [0.1, 0.15) is 22.8 Å². The first kappa shape index (κ1) is 14.9. The zero-order valence-corrected chi connectivity index (χ0v) is 12.2. The largest absolute Gasteiger partial charge is 0.334 e. The van der Waals surface area contributed by atoms with E-state index in [1.54, 1.807) is 11.0 Å². The van der Waals surface area contributed by atoms with Crippen molar-refractivity contribution in [3.63, 3.8) is 0 Å². The lowest BCUT2D eigenvalue weighted by molar-refractivity contribution is 0.0715. The molecule has 1 fully saturated rings. The Morgan fingerprint density at radius 1 is 1.60 bits per heavy atom. The molecule has 2 N–H and O–H groups in total. The molecule has 0 radical (unpaired) electrons. The topological polar surface area (TPSA) is 46.3 Å². The molecule has 1 saturated heterocycles. The molecule has 1 unspecified atom stereocenters. The van der Waals surface area contributed by atoms with Crippen LogP contribution in [0.5, 0.6) is 0 Å². The van der Waals surface area contributed by atoms with E-state index in [0.29, 0.717) is 12.1 Å². The molecule has 1 atom stereocenters. The number of halogens is 1. The molecule has 20 heavy (non-hydrogen) atoms. The number of nitrogens with zero attached hydrogens (tertiary/aromatic N) is 1. The number of hydrogen-bond donors (Lipinski definition) is 1. The van der Waals surface area contributed by atoms with Crippen molar-refractivity contribution in [3.05, 3.63) is 35.1 Å². The predicted octanol–water partition coefficient (Wildman–Crippen LogP) is 1.71. The smallest absolute Gasteiger partial charge is 0.254 e. The summed E-state index contributed by atoms with van der Waals surface area (Å²) in [6.45, 7) is 2.91. The minimum absolute atomic E-state index is 0.116. The van der Waals surface area contributed by atoms with Gasteiger partial charge in [0, 0.05) is 29.7 Å². The molecule has 0 aromatic heterocycles. The van der Waals surface area contributed by atoms with Gasteiger partial charge in [0.25, 0.3) is 5.91 Å².